The Morgan fingerprint density at radius 3 is 2.79 bits per heavy atom. The van der Waals surface area contributed by atoms with E-state index >= 15 is 0 Å². The highest BCUT2D eigenvalue weighted by molar-refractivity contribution is 9.10. The Morgan fingerprint density at radius 1 is 1.32 bits per heavy atom. The van der Waals surface area contributed by atoms with Crippen molar-refractivity contribution >= 4 is 27.5 Å². The number of hydrogen-bond donors (Lipinski definition) is 2. The van der Waals surface area contributed by atoms with Crippen LogP contribution >= 0.6 is 15.9 Å². The Labute approximate surface area is 123 Å². The van der Waals surface area contributed by atoms with Gasteiger partial charge in [0.15, 0.2) is 0 Å². The quantitative estimate of drug-likeness (QED) is 0.829. The Hall–Kier alpha value is -1.03. The molecule has 4 heteroatoms. The molecular weight excluding hydrogens is 304 g/mol. The molecule has 19 heavy (non-hydrogen) atoms. The van der Waals surface area contributed by atoms with E-state index in [-0.39, 0.29) is 5.91 Å². The van der Waals surface area contributed by atoms with Gasteiger partial charge in [-0.15, -0.1) is 0 Å². The Bertz CT molecular complexity index is 442. The minimum Gasteiger partial charge on any atom is -0.398 e. The molecule has 1 amide bonds. The molecule has 2 rings (SSSR count). The van der Waals surface area contributed by atoms with Crippen LogP contribution in [0.2, 0.25) is 0 Å². The maximum atomic E-state index is 12.0. The zero-order valence-electron chi connectivity index (χ0n) is 11.1. The molecule has 0 aromatic heterocycles. The van der Waals surface area contributed by atoms with E-state index in [0.717, 1.165) is 23.4 Å². The number of nitrogen functional groups attached to an aromatic ring is 1. The third-order valence-corrected chi connectivity index (χ3v) is 4.32. The van der Waals surface area contributed by atoms with Crippen molar-refractivity contribution in [2.45, 2.75) is 38.5 Å². The smallest absolute Gasteiger partial charge is 0.253 e. The number of amides is 1. The summed E-state index contributed by atoms with van der Waals surface area (Å²) in [6.07, 6.45) is 7.77. The van der Waals surface area contributed by atoms with Crippen LogP contribution in [0, 0.1) is 5.92 Å². The van der Waals surface area contributed by atoms with Gasteiger partial charge in [0.25, 0.3) is 5.91 Å². The summed E-state index contributed by atoms with van der Waals surface area (Å²) >= 11 is 3.36. The summed E-state index contributed by atoms with van der Waals surface area (Å²) in [6, 6.07) is 5.36. The third kappa shape index (κ3) is 4.23. The zero-order chi connectivity index (χ0) is 13.7. The molecule has 3 N–H and O–H groups in total. The Morgan fingerprint density at radius 2 is 2.05 bits per heavy atom. The van der Waals surface area contributed by atoms with Gasteiger partial charge < -0.3 is 11.1 Å². The van der Waals surface area contributed by atoms with E-state index < -0.39 is 0 Å². The van der Waals surface area contributed by atoms with E-state index in [1.54, 1.807) is 12.1 Å². The molecule has 1 aliphatic rings. The number of anilines is 1. The highest BCUT2D eigenvalue weighted by atomic mass is 79.9. The zero-order valence-corrected chi connectivity index (χ0v) is 12.7. The molecular formula is C15H21BrN2O. The van der Waals surface area contributed by atoms with Crippen molar-refractivity contribution in [1.29, 1.82) is 0 Å². The van der Waals surface area contributed by atoms with Gasteiger partial charge in [-0.1, -0.05) is 48.0 Å². The van der Waals surface area contributed by atoms with E-state index in [4.69, 9.17) is 5.73 Å². The summed E-state index contributed by atoms with van der Waals surface area (Å²) in [5, 5.41) is 2.97. The maximum Gasteiger partial charge on any atom is 0.253 e. The summed E-state index contributed by atoms with van der Waals surface area (Å²) in [5.74, 6) is 0.712. The molecule has 1 aromatic rings. The molecule has 1 aliphatic carbocycles. The monoisotopic (exact) mass is 324 g/mol. The summed E-state index contributed by atoms with van der Waals surface area (Å²) in [7, 11) is 0. The lowest BCUT2D eigenvalue weighted by Gasteiger charge is -2.21. The first kappa shape index (κ1) is 14.4. The standard InChI is InChI=1S/C15H21BrN2O/c16-12-6-7-14(17)13(10-12)15(19)18-9-8-11-4-2-1-3-5-11/h6-7,10-11H,1-5,8-9,17H2,(H,18,19). The lowest BCUT2D eigenvalue weighted by Crippen LogP contribution is -2.27. The highest BCUT2D eigenvalue weighted by Gasteiger charge is 2.14. The van der Waals surface area contributed by atoms with Crippen molar-refractivity contribution in [3.63, 3.8) is 0 Å². The van der Waals surface area contributed by atoms with Gasteiger partial charge in [0.05, 0.1) is 5.56 Å². The fourth-order valence-electron chi connectivity index (χ4n) is 2.69. The normalized spacial score (nSPS) is 16.3. The average molecular weight is 325 g/mol. The number of benzene rings is 1. The van der Waals surface area contributed by atoms with E-state index in [0.29, 0.717) is 11.3 Å². The number of carbonyl (C=O) groups is 1. The minimum absolute atomic E-state index is 0.0744. The molecule has 0 saturated heterocycles. The summed E-state index contributed by atoms with van der Waals surface area (Å²) < 4.78 is 0.874. The van der Waals surface area contributed by atoms with Gasteiger partial charge in [-0.2, -0.15) is 0 Å². The van der Waals surface area contributed by atoms with Crippen molar-refractivity contribution in [2.75, 3.05) is 12.3 Å². The Balaban J connectivity index is 1.82. The molecule has 3 nitrogen and oxygen atoms in total. The first-order valence-electron chi connectivity index (χ1n) is 7.00. The first-order chi connectivity index (χ1) is 9.16. The molecule has 1 saturated carbocycles. The molecule has 1 aromatic carbocycles. The average Bonchev–Trinajstić information content (AvgIpc) is 2.42. The molecule has 0 atom stereocenters. The predicted octanol–water partition coefficient (Wildman–Crippen LogP) is 3.73. The second-order valence-corrected chi connectivity index (χ2v) is 6.20. The van der Waals surface area contributed by atoms with Crippen molar-refractivity contribution in [3.05, 3.63) is 28.2 Å². The summed E-state index contributed by atoms with van der Waals surface area (Å²) in [5.41, 5.74) is 6.90. The number of nitrogens with two attached hydrogens (primary N) is 1. The van der Waals surface area contributed by atoms with Gasteiger partial charge in [0.1, 0.15) is 0 Å². The SMILES string of the molecule is Nc1ccc(Br)cc1C(=O)NCCC1CCCCC1. The second kappa shape index (κ2) is 6.94. The number of halogens is 1. The van der Waals surface area contributed by atoms with Gasteiger partial charge in [-0.3, -0.25) is 4.79 Å². The molecule has 0 aliphatic heterocycles. The number of nitrogens with one attached hydrogen (secondary N) is 1. The lowest BCUT2D eigenvalue weighted by molar-refractivity contribution is 0.0951. The second-order valence-electron chi connectivity index (χ2n) is 5.28. The van der Waals surface area contributed by atoms with Crippen LogP contribution in [0.15, 0.2) is 22.7 Å². The highest BCUT2D eigenvalue weighted by Crippen LogP contribution is 2.25. The fraction of sp³-hybridized carbons (Fsp3) is 0.533. The van der Waals surface area contributed by atoms with Crippen LogP contribution in [0.5, 0.6) is 0 Å². The van der Waals surface area contributed by atoms with Crippen molar-refractivity contribution in [2.24, 2.45) is 5.92 Å². The van der Waals surface area contributed by atoms with Crippen LogP contribution in [-0.2, 0) is 0 Å². The number of carbonyl (C=O) groups excluding carboxylic acids is 1. The van der Waals surface area contributed by atoms with Crippen molar-refractivity contribution in [3.8, 4) is 0 Å². The van der Waals surface area contributed by atoms with Crippen LogP contribution in [0.1, 0.15) is 48.9 Å². The number of rotatable bonds is 4. The minimum atomic E-state index is -0.0744. The molecule has 0 spiro atoms. The molecule has 104 valence electrons. The van der Waals surface area contributed by atoms with Gasteiger partial charge in [0.2, 0.25) is 0 Å². The lowest BCUT2D eigenvalue weighted by atomic mass is 9.87. The number of hydrogen-bond acceptors (Lipinski definition) is 2. The van der Waals surface area contributed by atoms with Gasteiger partial charge >= 0.3 is 0 Å². The first-order valence-corrected chi connectivity index (χ1v) is 7.79. The largest absolute Gasteiger partial charge is 0.398 e. The van der Waals surface area contributed by atoms with Crippen LogP contribution < -0.4 is 11.1 Å². The van der Waals surface area contributed by atoms with E-state index in [9.17, 15) is 4.79 Å². The molecule has 0 radical (unpaired) electrons. The van der Waals surface area contributed by atoms with Crippen LogP contribution in [-0.4, -0.2) is 12.5 Å². The summed E-state index contributed by atoms with van der Waals surface area (Å²) in [6.45, 7) is 0.745. The van der Waals surface area contributed by atoms with Gasteiger partial charge in [-0.25, -0.2) is 0 Å². The van der Waals surface area contributed by atoms with E-state index in [1.165, 1.54) is 32.1 Å². The Kier molecular flexibility index (Phi) is 5.25. The van der Waals surface area contributed by atoms with Gasteiger partial charge in [0, 0.05) is 16.7 Å². The fourth-order valence-corrected chi connectivity index (χ4v) is 3.05. The van der Waals surface area contributed by atoms with E-state index in [1.807, 2.05) is 6.07 Å². The van der Waals surface area contributed by atoms with Crippen molar-refractivity contribution in [1.82, 2.24) is 5.32 Å². The molecule has 0 unspecified atom stereocenters. The van der Waals surface area contributed by atoms with Crippen LogP contribution in [0.25, 0.3) is 0 Å². The van der Waals surface area contributed by atoms with Gasteiger partial charge in [-0.05, 0) is 30.5 Å². The third-order valence-electron chi connectivity index (χ3n) is 3.82. The van der Waals surface area contributed by atoms with Crippen LogP contribution in [0.3, 0.4) is 0 Å². The maximum absolute atomic E-state index is 12.0. The van der Waals surface area contributed by atoms with Crippen LogP contribution in [0.4, 0.5) is 5.69 Å². The predicted molar refractivity (Wildman–Crippen MR) is 82.1 cm³/mol. The summed E-state index contributed by atoms with van der Waals surface area (Å²) in [4.78, 5) is 12.0. The van der Waals surface area contributed by atoms with Crippen molar-refractivity contribution < 1.29 is 4.79 Å². The molecule has 1 fully saturated rings. The molecule has 0 heterocycles. The topological polar surface area (TPSA) is 55.1 Å². The van der Waals surface area contributed by atoms with E-state index in [2.05, 4.69) is 21.2 Å². The molecule has 0 bridgehead atoms.